The van der Waals surface area contributed by atoms with Crippen LogP contribution in [0.15, 0.2) is 0 Å². The number of nitrogens with zero attached hydrogens (tertiary/aromatic N) is 3. The number of carboxylic acid groups (broad SMARTS) is 1. The highest BCUT2D eigenvalue weighted by molar-refractivity contribution is 5.77. The molecule has 0 aliphatic carbocycles. The molecule has 21 heavy (non-hydrogen) atoms. The molecule has 0 bridgehead atoms. The first-order chi connectivity index (χ1) is 10.1. The normalized spacial score (nSPS) is 29.0. The lowest BCUT2D eigenvalue weighted by Gasteiger charge is -2.37. The number of nitriles is 1. The van der Waals surface area contributed by atoms with Crippen LogP contribution in [0.25, 0.3) is 0 Å². The molecule has 0 aromatic carbocycles. The predicted molar refractivity (Wildman–Crippen MR) is 70.4 cm³/mol. The Balaban J connectivity index is 2.08. The lowest BCUT2D eigenvalue weighted by molar-refractivity contribution is -0.142. The Kier molecular flexibility index (Phi) is 4.98. The van der Waals surface area contributed by atoms with Gasteiger partial charge in [0, 0.05) is 13.1 Å². The summed E-state index contributed by atoms with van der Waals surface area (Å²) >= 11 is 0. The van der Waals surface area contributed by atoms with E-state index in [2.05, 4.69) is 0 Å². The molecule has 8 nitrogen and oxygen atoms in total. The first kappa shape index (κ1) is 15.5. The third-order valence-corrected chi connectivity index (χ3v) is 3.84. The topological polar surface area (TPSA) is 103 Å². The number of ether oxygens (including phenoxy) is 2. The standard InChI is InChI=1S/C13H19N3O5/c1-2-16(11-8-20-7-10(11)12(17)18)13(19)15-3-4-21-9(5-14)6-15/h9-11H,2-4,6-8H2,1H3,(H,17,18). The quantitative estimate of drug-likeness (QED) is 0.770. The molecule has 2 aliphatic heterocycles. The van der Waals surface area contributed by atoms with Crippen molar-refractivity contribution in [3.8, 4) is 6.07 Å². The van der Waals surface area contributed by atoms with Gasteiger partial charge in [0.05, 0.1) is 38.5 Å². The van der Waals surface area contributed by atoms with Crippen LogP contribution in [-0.2, 0) is 14.3 Å². The molecule has 116 valence electrons. The van der Waals surface area contributed by atoms with Crippen molar-refractivity contribution in [3.63, 3.8) is 0 Å². The fraction of sp³-hybridized carbons (Fsp3) is 0.769. The summed E-state index contributed by atoms with van der Waals surface area (Å²) in [6.45, 7) is 3.46. The highest BCUT2D eigenvalue weighted by atomic mass is 16.5. The predicted octanol–water partition coefficient (Wildman–Crippen LogP) is -0.248. The zero-order valence-electron chi connectivity index (χ0n) is 11.9. The maximum Gasteiger partial charge on any atom is 0.320 e. The number of carbonyl (C=O) groups is 2. The number of carboxylic acids is 1. The van der Waals surface area contributed by atoms with E-state index in [-0.39, 0.29) is 25.8 Å². The molecular weight excluding hydrogens is 278 g/mol. The van der Waals surface area contributed by atoms with Crippen molar-refractivity contribution in [2.75, 3.05) is 39.5 Å². The lowest BCUT2D eigenvalue weighted by atomic mass is 10.0. The van der Waals surface area contributed by atoms with Crippen molar-refractivity contribution in [3.05, 3.63) is 0 Å². The van der Waals surface area contributed by atoms with Crippen LogP contribution >= 0.6 is 0 Å². The molecule has 0 saturated carbocycles. The molecule has 0 aromatic rings. The smallest absolute Gasteiger partial charge is 0.320 e. The van der Waals surface area contributed by atoms with Crippen LogP contribution in [0.1, 0.15) is 6.92 Å². The number of amides is 2. The van der Waals surface area contributed by atoms with Gasteiger partial charge in [0.1, 0.15) is 5.92 Å². The monoisotopic (exact) mass is 297 g/mol. The van der Waals surface area contributed by atoms with E-state index in [0.29, 0.717) is 19.7 Å². The minimum Gasteiger partial charge on any atom is -0.481 e. The number of carbonyl (C=O) groups excluding carboxylic acids is 1. The molecular formula is C13H19N3O5. The molecule has 2 fully saturated rings. The zero-order valence-corrected chi connectivity index (χ0v) is 11.9. The van der Waals surface area contributed by atoms with E-state index in [1.54, 1.807) is 6.92 Å². The summed E-state index contributed by atoms with van der Waals surface area (Å²) in [5.41, 5.74) is 0. The molecule has 0 radical (unpaired) electrons. The van der Waals surface area contributed by atoms with Crippen LogP contribution in [0, 0.1) is 17.2 Å². The summed E-state index contributed by atoms with van der Waals surface area (Å²) < 4.78 is 10.4. The maximum atomic E-state index is 12.6. The van der Waals surface area contributed by atoms with Crippen LogP contribution < -0.4 is 0 Å². The Hall–Kier alpha value is -1.85. The Morgan fingerprint density at radius 3 is 2.86 bits per heavy atom. The molecule has 1 N–H and O–H groups in total. The minimum absolute atomic E-state index is 0.119. The van der Waals surface area contributed by atoms with Gasteiger partial charge in [-0.15, -0.1) is 0 Å². The van der Waals surface area contributed by atoms with Gasteiger partial charge in [-0.05, 0) is 6.92 Å². The van der Waals surface area contributed by atoms with Gasteiger partial charge in [-0.2, -0.15) is 5.26 Å². The Bertz CT molecular complexity index is 450. The molecule has 2 heterocycles. The SMILES string of the molecule is CCN(C(=O)N1CCOC(C#N)C1)C1COCC1C(=O)O. The van der Waals surface area contributed by atoms with Crippen LogP contribution in [-0.4, -0.2) is 78.5 Å². The first-order valence-corrected chi connectivity index (χ1v) is 6.95. The number of morpholine rings is 1. The van der Waals surface area contributed by atoms with Crippen LogP contribution in [0.4, 0.5) is 4.79 Å². The van der Waals surface area contributed by atoms with Gasteiger partial charge in [-0.3, -0.25) is 4.79 Å². The maximum absolute atomic E-state index is 12.6. The number of hydrogen-bond acceptors (Lipinski definition) is 5. The first-order valence-electron chi connectivity index (χ1n) is 6.95. The lowest BCUT2D eigenvalue weighted by Crippen LogP contribution is -2.55. The summed E-state index contributed by atoms with van der Waals surface area (Å²) in [4.78, 5) is 26.9. The Morgan fingerprint density at radius 1 is 1.48 bits per heavy atom. The number of rotatable bonds is 3. The van der Waals surface area contributed by atoms with Gasteiger partial charge in [0.15, 0.2) is 6.10 Å². The fourth-order valence-corrected chi connectivity index (χ4v) is 2.68. The van der Waals surface area contributed by atoms with Crippen molar-refractivity contribution >= 4 is 12.0 Å². The summed E-state index contributed by atoms with van der Waals surface area (Å²) in [6.07, 6.45) is -0.628. The molecule has 2 saturated heterocycles. The number of urea groups is 1. The van der Waals surface area contributed by atoms with Gasteiger partial charge in [0.2, 0.25) is 0 Å². The molecule has 3 unspecified atom stereocenters. The largest absolute Gasteiger partial charge is 0.481 e. The molecule has 2 amide bonds. The van der Waals surface area contributed by atoms with Crippen molar-refractivity contribution in [2.24, 2.45) is 5.92 Å². The van der Waals surface area contributed by atoms with Crippen molar-refractivity contribution in [2.45, 2.75) is 19.1 Å². The Labute approximate surface area is 122 Å². The number of aliphatic carboxylic acids is 1. The molecule has 0 spiro atoms. The Morgan fingerprint density at radius 2 is 2.24 bits per heavy atom. The van der Waals surface area contributed by atoms with E-state index >= 15 is 0 Å². The summed E-state index contributed by atoms with van der Waals surface area (Å²) in [5.74, 6) is -1.66. The molecule has 3 atom stereocenters. The second-order valence-electron chi connectivity index (χ2n) is 5.05. The number of likely N-dealkylation sites (N-methyl/N-ethyl adjacent to an activating group) is 1. The summed E-state index contributed by atoms with van der Waals surface area (Å²) in [7, 11) is 0. The third kappa shape index (κ3) is 3.25. The van der Waals surface area contributed by atoms with E-state index in [1.165, 1.54) is 9.80 Å². The second kappa shape index (κ2) is 6.74. The van der Waals surface area contributed by atoms with Crippen LogP contribution in [0.5, 0.6) is 0 Å². The van der Waals surface area contributed by atoms with Crippen molar-refractivity contribution in [1.29, 1.82) is 5.26 Å². The number of hydrogen-bond donors (Lipinski definition) is 1. The second-order valence-corrected chi connectivity index (χ2v) is 5.05. The van der Waals surface area contributed by atoms with E-state index in [0.717, 1.165) is 0 Å². The van der Waals surface area contributed by atoms with Crippen LogP contribution in [0.3, 0.4) is 0 Å². The van der Waals surface area contributed by atoms with Gasteiger partial charge in [0.25, 0.3) is 0 Å². The fourth-order valence-electron chi connectivity index (χ4n) is 2.68. The average Bonchev–Trinajstić information content (AvgIpc) is 2.97. The van der Waals surface area contributed by atoms with E-state index in [4.69, 9.17) is 14.7 Å². The summed E-state index contributed by atoms with van der Waals surface area (Å²) in [5, 5.41) is 18.1. The van der Waals surface area contributed by atoms with Crippen LogP contribution in [0.2, 0.25) is 0 Å². The highest BCUT2D eigenvalue weighted by Crippen LogP contribution is 2.22. The average molecular weight is 297 g/mol. The van der Waals surface area contributed by atoms with E-state index in [1.807, 2.05) is 6.07 Å². The molecule has 0 aromatic heterocycles. The van der Waals surface area contributed by atoms with Crippen molar-refractivity contribution in [1.82, 2.24) is 9.80 Å². The molecule has 8 heteroatoms. The molecule has 2 aliphatic rings. The van der Waals surface area contributed by atoms with E-state index < -0.39 is 24.0 Å². The highest BCUT2D eigenvalue weighted by Gasteiger charge is 2.41. The van der Waals surface area contributed by atoms with Gasteiger partial charge >= 0.3 is 12.0 Å². The summed E-state index contributed by atoms with van der Waals surface area (Å²) in [6, 6.07) is 1.26. The third-order valence-electron chi connectivity index (χ3n) is 3.84. The van der Waals surface area contributed by atoms with Gasteiger partial charge in [-0.1, -0.05) is 0 Å². The van der Waals surface area contributed by atoms with Crippen molar-refractivity contribution < 1.29 is 24.2 Å². The van der Waals surface area contributed by atoms with E-state index in [9.17, 15) is 14.7 Å². The van der Waals surface area contributed by atoms with Gasteiger partial charge in [-0.25, -0.2) is 4.79 Å². The minimum atomic E-state index is -0.958. The van der Waals surface area contributed by atoms with Gasteiger partial charge < -0.3 is 24.4 Å². The zero-order chi connectivity index (χ0) is 15.4. The molecule has 2 rings (SSSR count).